The van der Waals surface area contributed by atoms with Crippen molar-refractivity contribution >= 4 is 29.8 Å². The van der Waals surface area contributed by atoms with Crippen molar-refractivity contribution in [3.05, 3.63) is 24.3 Å². The van der Waals surface area contributed by atoms with Crippen molar-refractivity contribution < 1.29 is 16.8 Å². The zero-order chi connectivity index (χ0) is 14.0. The van der Waals surface area contributed by atoms with E-state index < -0.39 is 24.0 Å². The summed E-state index contributed by atoms with van der Waals surface area (Å²) >= 11 is 0. The van der Waals surface area contributed by atoms with Gasteiger partial charge < -0.3 is 0 Å². The molecule has 5 nitrogen and oxygen atoms in total. The summed E-state index contributed by atoms with van der Waals surface area (Å²) in [7, 11) is -2.70. The third-order valence-corrected chi connectivity index (χ3v) is 6.05. The number of hydrogen-bond donors (Lipinski definition) is 0. The molecule has 0 aliphatic rings. The largest absolute Gasteiger partial charge is 0.262 e. The summed E-state index contributed by atoms with van der Waals surface area (Å²) in [6.07, 6.45) is 0. The maximum Gasteiger partial charge on any atom is 0.262 e. The fourth-order valence-electron chi connectivity index (χ4n) is 1.57. The van der Waals surface area contributed by atoms with Crippen molar-refractivity contribution in [3.63, 3.8) is 0 Å². The van der Waals surface area contributed by atoms with Gasteiger partial charge in [-0.2, -0.15) is 4.31 Å². The Morgan fingerprint density at radius 1 is 1.00 bits per heavy atom. The molecule has 0 bridgehead atoms. The predicted molar refractivity (Wildman–Crippen MR) is 69.6 cm³/mol. The lowest BCUT2D eigenvalue weighted by atomic mass is 10.4. The molecule has 0 spiro atoms. The van der Waals surface area contributed by atoms with Gasteiger partial charge in [-0.05, 0) is 12.1 Å². The monoisotopic (exact) mass is 311 g/mol. The van der Waals surface area contributed by atoms with Crippen molar-refractivity contribution in [1.29, 1.82) is 0 Å². The number of rotatable bonds is 5. The molecule has 0 N–H and O–H groups in total. The van der Waals surface area contributed by atoms with Crippen LogP contribution in [0, 0.1) is 0 Å². The molecule has 0 unspecified atom stereocenters. The minimum atomic E-state index is -4.10. The van der Waals surface area contributed by atoms with E-state index in [0.717, 1.165) is 0 Å². The van der Waals surface area contributed by atoms with Crippen molar-refractivity contribution in [3.8, 4) is 0 Å². The van der Waals surface area contributed by atoms with Gasteiger partial charge in [-0.25, -0.2) is 16.8 Å². The number of nitrogens with zero attached hydrogens (tertiary/aromatic N) is 1. The van der Waals surface area contributed by atoms with Crippen LogP contribution in [0.3, 0.4) is 0 Å². The minimum absolute atomic E-state index is 0.259. The Bertz CT molecular complexity index is 621. The summed E-state index contributed by atoms with van der Waals surface area (Å²) in [5.74, 6) is 0. The molecule has 18 heavy (non-hydrogen) atoms. The lowest BCUT2D eigenvalue weighted by Crippen LogP contribution is -2.31. The minimum Gasteiger partial charge on any atom is -0.207 e. The first-order valence-electron chi connectivity index (χ1n) is 5.29. The van der Waals surface area contributed by atoms with Crippen molar-refractivity contribution in [1.82, 2.24) is 4.31 Å². The molecule has 0 saturated heterocycles. The normalized spacial score (nSPS) is 12.9. The van der Waals surface area contributed by atoms with E-state index in [1.807, 2.05) is 0 Å². The Kier molecular flexibility index (Phi) is 4.77. The van der Waals surface area contributed by atoms with Crippen LogP contribution in [0.1, 0.15) is 13.8 Å². The molecule has 0 amide bonds. The molecule has 1 aromatic rings. The van der Waals surface area contributed by atoms with E-state index in [9.17, 15) is 16.8 Å². The fourth-order valence-corrected chi connectivity index (χ4v) is 4.83. The van der Waals surface area contributed by atoms with Gasteiger partial charge in [0, 0.05) is 23.8 Å². The molecule has 0 fully saturated rings. The highest BCUT2D eigenvalue weighted by atomic mass is 35.7. The topological polar surface area (TPSA) is 71.5 Å². The lowest BCUT2D eigenvalue weighted by Gasteiger charge is -2.19. The van der Waals surface area contributed by atoms with Crippen LogP contribution in [0.4, 0.5) is 0 Å². The first-order valence-corrected chi connectivity index (χ1v) is 9.04. The molecular weight excluding hydrogens is 298 g/mol. The van der Waals surface area contributed by atoms with Crippen molar-refractivity contribution in [2.24, 2.45) is 0 Å². The van der Waals surface area contributed by atoms with Crippen molar-refractivity contribution in [2.45, 2.75) is 23.6 Å². The standard InChI is InChI=1S/C10H14ClNO4S2/c1-3-12(4-2)18(15,16)10-8-6-5-7-9(10)17(11,13)14/h5-8H,3-4H2,1-2H3. The van der Waals surface area contributed by atoms with Gasteiger partial charge in [0.2, 0.25) is 10.0 Å². The Balaban J connectivity index is 3.53. The van der Waals surface area contributed by atoms with E-state index in [4.69, 9.17) is 10.7 Å². The maximum absolute atomic E-state index is 12.3. The van der Waals surface area contributed by atoms with E-state index in [-0.39, 0.29) is 18.0 Å². The average molecular weight is 312 g/mol. The highest BCUT2D eigenvalue weighted by Crippen LogP contribution is 2.26. The highest BCUT2D eigenvalue weighted by molar-refractivity contribution is 8.14. The number of halogens is 1. The number of sulfonamides is 1. The second-order valence-corrected chi connectivity index (χ2v) is 7.91. The zero-order valence-corrected chi connectivity index (χ0v) is 12.4. The van der Waals surface area contributed by atoms with Crippen LogP contribution in [0.15, 0.2) is 34.1 Å². The van der Waals surface area contributed by atoms with Gasteiger partial charge in [0.25, 0.3) is 9.05 Å². The molecule has 0 atom stereocenters. The summed E-state index contributed by atoms with van der Waals surface area (Å²) in [4.78, 5) is -0.678. The van der Waals surface area contributed by atoms with Crippen LogP contribution < -0.4 is 0 Å². The van der Waals surface area contributed by atoms with Gasteiger partial charge in [0.05, 0.1) is 0 Å². The second-order valence-electron chi connectivity index (χ2n) is 3.47. The van der Waals surface area contributed by atoms with Gasteiger partial charge in [-0.15, -0.1) is 0 Å². The molecule has 102 valence electrons. The fraction of sp³-hybridized carbons (Fsp3) is 0.400. The van der Waals surface area contributed by atoms with E-state index in [1.54, 1.807) is 13.8 Å². The Morgan fingerprint density at radius 2 is 1.44 bits per heavy atom. The Morgan fingerprint density at radius 3 is 1.83 bits per heavy atom. The van der Waals surface area contributed by atoms with Gasteiger partial charge >= 0.3 is 0 Å². The number of hydrogen-bond acceptors (Lipinski definition) is 4. The average Bonchev–Trinajstić information content (AvgIpc) is 2.29. The highest BCUT2D eigenvalue weighted by Gasteiger charge is 2.28. The molecule has 0 saturated carbocycles. The first-order chi connectivity index (χ1) is 8.25. The summed E-state index contributed by atoms with van der Waals surface area (Å²) in [5, 5.41) is 0. The summed E-state index contributed by atoms with van der Waals surface area (Å²) in [6.45, 7) is 3.88. The van der Waals surface area contributed by atoms with Crippen LogP contribution in [0.25, 0.3) is 0 Å². The van der Waals surface area contributed by atoms with Gasteiger partial charge in [-0.3, -0.25) is 0 Å². The van der Waals surface area contributed by atoms with Gasteiger partial charge in [0.15, 0.2) is 0 Å². The molecule has 0 aliphatic heterocycles. The van der Waals surface area contributed by atoms with Crippen LogP contribution in [0.5, 0.6) is 0 Å². The van der Waals surface area contributed by atoms with E-state index in [0.29, 0.717) is 0 Å². The third kappa shape index (κ3) is 3.03. The van der Waals surface area contributed by atoms with Crippen LogP contribution in [-0.2, 0) is 19.1 Å². The molecule has 1 aromatic carbocycles. The zero-order valence-electron chi connectivity index (χ0n) is 10.00. The van der Waals surface area contributed by atoms with Gasteiger partial charge in [-0.1, -0.05) is 26.0 Å². The quantitative estimate of drug-likeness (QED) is 0.775. The Hall–Kier alpha value is -0.630. The lowest BCUT2D eigenvalue weighted by molar-refractivity contribution is 0.443. The molecule has 1 rings (SSSR count). The smallest absolute Gasteiger partial charge is 0.207 e. The molecule has 0 radical (unpaired) electrons. The van der Waals surface area contributed by atoms with Crippen molar-refractivity contribution in [2.75, 3.05) is 13.1 Å². The number of benzene rings is 1. The van der Waals surface area contributed by atoms with Crippen LogP contribution in [-0.4, -0.2) is 34.2 Å². The van der Waals surface area contributed by atoms with Crippen LogP contribution in [0.2, 0.25) is 0 Å². The molecule has 0 aromatic heterocycles. The van der Waals surface area contributed by atoms with Crippen LogP contribution >= 0.6 is 10.7 Å². The molecular formula is C10H14ClNO4S2. The van der Waals surface area contributed by atoms with Gasteiger partial charge in [0.1, 0.15) is 9.79 Å². The molecule has 8 heteroatoms. The van der Waals surface area contributed by atoms with E-state index in [1.165, 1.54) is 28.6 Å². The summed E-state index contributed by atoms with van der Waals surface area (Å²) in [6, 6.07) is 5.31. The Labute approximate surface area is 112 Å². The summed E-state index contributed by atoms with van der Waals surface area (Å²) in [5.41, 5.74) is 0. The first kappa shape index (κ1) is 15.4. The predicted octanol–water partition coefficient (Wildman–Crippen LogP) is 1.64. The van der Waals surface area contributed by atoms with E-state index in [2.05, 4.69) is 0 Å². The van der Waals surface area contributed by atoms with E-state index >= 15 is 0 Å². The molecule has 0 aliphatic carbocycles. The second kappa shape index (κ2) is 5.56. The summed E-state index contributed by atoms with van der Waals surface area (Å²) < 4.78 is 48.5. The molecule has 0 heterocycles. The SMILES string of the molecule is CCN(CC)S(=O)(=O)c1ccccc1S(=O)(=O)Cl. The third-order valence-electron chi connectivity index (χ3n) is 2.44. The maximum atomic E-state index is 12.3.